The number of thiophene rings is 1. The fourth-order valence-corrected chi connectivity index (χ4v) is 2.78. The van der Waals surface area contributed by atoms with Crippen LogP contribution >= 0.6 is 11.3 Å². The number of aryl methyl sites for hydroxylation is 1. The van der Waals surface area contributed by atoms with Crippen molar-refractivity contribution in [1.29, 1.82) is 0 Å². The number of furan rings is 1. The molecule has 0 aliphatic carbocycles. The van der Waals surface area contributed by atoms with Gasteiger partial charge in [0.15, 0.2) is 0 Å². The molecular formula is C16H15N3O3S. The minimum absolute atomic E-state index is 0.0555. The maximum atomic E-state index is 10.9. The van der Waals surface area contributed by atoms with E-state index in [1.807, 2.05) is 31.2 Å². The maximum Gasteiger partial charge on any atom is 0.251 e. The second kappa shape index (κ2) is 6.62. The van der Waals surface area contributed by atoms with Crippen molar-refractivity contribution in [2.45, 2.75) is 20.4 Å². The van der Waals surface area contributed by atoms with Gasteiger partial charge in [0.2, 0.25) is 11.7 Å². The second-order valence-corrected chi connectivity index (χ2v) is 6.08. The lowest BCUT2D eigenvalue weighted by atomic mass is 10.4. The van der Waals surface area contributed by atoms with Crippen LogP contribution in [-0.2, 0) is 11.3 Å². The molecule has 3 rings (SSSR count). The monoisotopic (exact) mass is 329 g/mol. The first-order valence-electron chi connectivity index (χ1n) is 7.02. The van der Waals surface area contributed by atoms with Crippen LogP contribution in [0.25, 0.3) is 22.9 Å². The first-order chi connectivity index (χ1) is 11.1. The Morgan fingerprint density at radius 1 is 1.30 bits per heavy atom. The van der Waals surface area contributed by atoms with Crippen LogP contribution in [0.4, 0.5) is 0 Å². The van der Waals surface area contributed by atoms with Crippen LogP contribution in [0.3, 0.4) is 0 Å². The van der Waals surface area contributed by atoms with E-state index < -0.39 is 0 Å². The maximum absolute atomic E-state index is 10.9. The van der Waals surface area contributed by atoms with Gasteiger partial charge in [-0.1, -0.05) is 5.16 Å². The summed E-state index contributed by atoms with van der Waals surface area (Å²) in [5.41, 5.74) is 0. The van der Waals surface area contributed by atoms with Crippen LogP contribution in [0.15, 0.2) is 33.2 Å². The molecule has 3 aromatic heterocycles. The summed E-state index contributed by atoms with van der Waals surface area (Å²) < 4.78 is 10.6. The molecule has 7 heteroatoms. The number of aromatic nitrogens is 2. The van der Waals surface area contributed by atoms with Gasteiger partial charge in [-0.3, -0.25) is 4.79 Å². The van der Waals surface area contributed by atoms with E-state index in [1.165, 1.54) is 18.3 Å². The molecule has 0 aromatic carbocycles. The van der Waals surface area contributed by atoms with Crippen molar-refractivity contribution in [3.63, 3.8) is 0 Å². The van der Waals surface area contributed by atoms with Gasteiger partial charge in [0, 0.05) is 17.9 Å². The summed E-state index contributed by atoms with van der Waals surface area (Å²) in [7, 11) is 0. The lowest BCUT2D eigenvalue weighted by Gasteiger charge is -1.96. The molecule has 118 valence electrons. The number of hydrogen-bond donors (Lipinski definition) is 1. The Morgan fingerprint density at radius 3 is 2.91 bits per heavy atom. The quantitative estimate of drug-likeness (QED) is 0.774. The standard InChI is InChI=1S/C16H15N3O3S/c1-10-3-4-12(21-10)5-8-15-18-16(19-22-15)14-7-6-13(23-14)9-17-11(2)20/h3-8H,9H2,1-2H3,(H,17,20)/b8-5+. The summed E-state index contributed by atoms with van der Waals surface area (Å²) in [6.45, 7) is 3.88. The molecular weight excluding hydrogens is 314 g/mol. The third-order valence-electron chi connectivity index (χ3n) is 2.99. The number of amides is 1. The smallest absolute Gasteiger partial charge is 0.251 e. The predicted molar refractivity (Wildman–Crippen MR) is 87.5 cm³/mol. The Balaban J connectivity index is 1.69. The summed E-state index contributed by atoms with van der Waals surface area (Å²) in [6, 6.07) is 7.61. The van der Waals surface area contributed by atoms with Gasteiger partial charge in [0.25, 0.3) is 5.89 Å². The van der Waals surface area contributed by atoms with Gasteiger partial charge in [-0.25, -0.2) is 0 Å². The van der Waals surface area contributed by atoms with Crippen LogP contribution in [0.1, 0.15) is 29.2 Å². The minimum atomic E-state index is -0.0555. The Kier molecular flexibility index (Phi) is 4.38. The molecule has 0 bridgehead atoms. The molecule has 0 aliphatic heterocycles. The zero-order valence-corrected chi connectivity index (χ0v) is 13.5. The normalized spacial score (nSPS) is 11.2. The van der Waals surface area contributed by atoms with Gasteiger partial charge in [-0.2, -0.15) is 4.98 Å². The number of carbonyl (C=O) groups excluding carboxylic acids is 1. The molecule has 1 N–H and O–H groups in total. The van der Waals surface area contributed by atoms with Crippen LogP contribution in [0, 0.1) is 6.92 Å². The van der Waals surface area contributed by atoms with E-state index in [-0.39, 0.29) is 5.91 Å². The lowest BCUT2D eigenvalue weighted by molar-refractivity contribution is -0.119. The fraction of sp³-hybridized carbons (Fsp3) is 0.188. The highest BCUT2D eigenvalue weighted by Gasteiger charge is 2.10. The van der Waals surface area contributed by atoms with Crippen molar-refractivity contribution in [2.24, 2.45) is 0 Å². The third-order valence-corrected chi connectivity index (χ3v) is 4.07. The number of nitrogens with one attached hydrogen (secondary N) is 1. The molecule has 0 radical (unpaired) electrons. The lowest BCUT2D eigenvalue weighted by Crippen LogP contribution is -2.17. The van der Waals surface area contributed by atoms with E-state index in [2.05, 4.69) is 15.5 Å². The summed E-state index contributed by atoms with van der Waals surface area (Å²) in [5, 5.41) is 6.73. The first-order valence-corrected chi connectivity index (χ1v) is 7.83. The number of hydrogen-bond acceptors (Lipinski definition) is 6. The highest BCUT2D eigenvalue weighted by Crippen LogP contribution is 2.26. The van der Waals surface area contributed by atoms with Crippen molar-refractivity contribution in [2.75, 3.05) is 0 Å². The summed E-state index contributed by atoms with van der Waals surface area (Å²) >= 11 is 1.52. The van der Waals surface area contributed by atoms with Gasteiger partial charge >= 0.3 is 0 Å². The van der Waals surface area contributed by atoms with E-state index in [0.717, 1.165) is 21.3 Å². The highest BCUT2D eigenvalue weighted by molar-refractivity contribution is 7.15. The van der Waals surface area contributed by atoms with E-state index in [0.29, 0.717) is 18.3 Å². The number of rotatable bonds is 5. The Hall–Kier alpha value is -2.67. The van der Waals surface area contributed by atoms with Gasteiger partial charge in [0.1, 0.15) is 11.5 Å². The molecule has 0 spiro atoms. The van der Waals surface area contributed by atoms with Crippen molar-refractivity contribution in [1.82, 2.24) is 15.5 Å². The summed E-state index contributed by atoms with van der Waals surface area (Å²) in [6.07, 6.45) is 3.49. The molecule has 0 aliphatic rings. The predicted octanol–water partition coefficient (Wildman–Crippen LogP) is 3.51. The average Bonchev–Trinajstić information content (AvgIpc) is 3.23. The van der Waals surface area contributed by atoms with Crippen molar-refractivity contribution in [3.8, 4) is 10.7 Å². The van der Waals surface area contributed by atoms with Crippen LogP contribution < -0.4 is 5.32 Å². The summed E-state index contributed by atoms with van der Waals surface area (Å²) in [4.78, 5) is 17.2. The molecule has 0 fully saturated rings. The zero-order chi connectivity index (χ0) is 16.2. The summed E-state index contributed by atoms with van der Waals surface area (Å²) in [5.74, 6) is 2.46. The number of nitrogens with zero attached hydrogens (tertiary/aromatic N) is 2. The van der Waals surface area contributed by atoms with Gasteiger partial charge in [0.05, 0.1) is 11.4 Å². The largest absolute Gasteiger partial charge is 0.462 e. The van der Waals surface area contributed by atoms with E-state index in [9.17, 15) is 4.79 Å². The van der Waals surface area contributed by atoms with Crippen molar-refractivity contribution >= 4 is 29.4 Å². The van der Waals surface area contributed by atoms with Crippen molar-refractivity contribution in [3.05, 3.63) is 46.6 Å². The van der Waals surface area contributed by atoms with E-state index in [4.69, 9.17) is 8.94 Å². The van der Waals surface area contributed by atoms with Gasteiger partial charge in [-0.15, -0.1) is 11.3 Å². The Labute approximate surface area is 136 Å². The first kappa shape index (κ1) is 15.2. The van der Waals surface area contributed by atoms with Gasteiger partial charge < -0.3 is 14.3 Å². The van der Waals surface area contributed by atoms with Crippen molar-refractivity contribution < 1.29 is 13.7 Å². The molecule has 6 nitrogen and oxygen atoms in total. The van der Waals surface area contributed by atoms with E-state index in [1.54, 1.807) is 12.2 Å². The van der Waals surface area contributed by atoms with Gasteiger partial charge in [-0.05, 0) is 37.3 Å². The third kappa shape index (κ3) is 3.95. The zero-order valence-electron chi connectivity index (χ0n) is 12.7. The fourth-order valence-electron chi connectivity index (χ4n) is 1.90. The molecule has 0 unspecified atom stereocenters. The SMILES string of the molecule is CC(=O)NCc1ccc(-c2noc(/C=C/c3ccc(C)o3)n2)s1. The molecule has 0 atom stereocenters. The van der Waals surface area contributed by atoms with E-state index >= 15 is 0 Å². The molecule has 3 heterocycles. The average molecular weight is 329 g/mol. The minimum Gasteiger partial charge on any atom is -0.462 e. The molecule has 0 saturated heterocycles. The molecule has 3 aromatic rings. The number of carbonyl (C=O) groups is 1. The molecule has 23 heavy (non-hydrogen) atoms. The van der Waals surface area contributed by atoms with Crippen LogP contribution in [0.5, 0.6) is 0 Å². The van der Waals surface area contributed by atoms with Crippen LogP contribution in [0.2, 0.25) is 0 Å². The van der Waals surface area contributed by atoms with Crippen LogP contribution in [-0.4, -0.2) is 16.0 Å². The highest BCUT2D eigenvalue weighted by atomic mass is 32.1. The second-order valence-electron chi connectivity index (χ2n) is 4.91. The molecule has 1 amide bonds. The Morgan fingerprint density at radius 2 is 2.17 bits per heavy atom. The Bertz CT molecular complexity index is 844. The molecule has 0 saturated carbocycles. The topological polar surface area (TPSA) is 81.2 Å².